The van der Waals surface area contributed by atoms with Crippen LogP contribution in [-0.4, -0.2) is 12.1 Å². The minimum Gasteiger partial charge on any atom is -0.311 e. The van der Waals surface area contributed by atoms with Crippen LogP contribution in [-0.2, 0) is 6.42 Å². The lowest BCUT2D eigenvalue weighted by Gasteiger charge is -2.37. The standard InChI is InChI=1S/C17H26ClN/c1-12-6-4-7-13(2)17(12)19-14(3)10-15-8-5-9-16(18)11-15/h5,8-9,11-14,17,19H,4,6-7,10H2,1-3H3. The van der Waals surface area contributed by atoms with E-state index < -0.39 is 0 Å². The van der Waals surface area contributed by atoms with E-state index in [-0.39, 0.29) is 0 Å². The lowest BCUT2D eigenvalue weighted by Crippen LogP contribution is -2.47. The molecule has 1 aromatic carbocycles. The molecule has 0 amide bonds. The molecule has 1 N–H and O–H groups in total. The molecule has 0 spiro atoms. The summed E-state index contributed by atoms with van der Waals surface area (Å²) in [5.41, 5.74) is 1.32. The van der Waals surface area contributed by atoms with E-state index in [1.807, 2.05) is 12.1 Å². The molecule has 1 fully saturated rings. The summed E-state index contributed by atoms with van der Waals surface area (Å²) in [6, 6.07) is 9.39. The first-order chi connectivity index (χ1) is 9.06. The van der Waals surface area contributed by atoms with E-state index in [1.54, 1.807) is 0 Å². The Morgan fingerprint density at radius 2 is 1.95 bits per heavy atom. The maximum Gasteiger partial charge on any atom is 0.0408 e. The third kappa shape index (κ3) is 4.22. The summed E-state index contributed by atoms with van der Waals surface area (Å²) in [5, 5.41) is 4.68. The Hall–Kier alpha value is -0.530. The molecular formula is C17H26ClN. The monoisotopic (exact) mass is 279 g/mol. The van der Waals surface area contributed by atoms with Crippen molar-refractivity contribution in [3.8, 4) is 0 Å². The van der Waals surface area contributed by atoms with Gasteiger partial charge in [0.2, 0.25) is 0 Å². The van der Waals surface area contributed by atoms with Crippen molar-refractivity contribution >= 4 is 11.6 Å². The molecule has 0 saturated heterocycles. The number of halogens is 1. The summed E-state index contributed by atoms with van der Waals surface area (Å²) in [6.45, 7) is 7.06. The molecule has 19 heavy (non-hydrogen) atoms. The second-order valence-corrected chi connectivity index (χ2v) is 6.75. The molecule has 3 atom stereocenters. The Morgan fingerprint density at radius 1 is 1.26 bits per heavy atom. The van der Waals surface area contributed by atoms with E-state index in [0.29, 0.717) is 12.1 Å². The van der Waals surface area contributed by atoms with Gasteiger partial charge in [0.25, 0.3) is 0 Å². The van der Waals surface area contributed by atoms with E-state index in [4.69, 9.17) is 11.6 Å². The van der Waals surface area contributed by atoms with Crippen LogP contribution in [0.3, 0.4) is 0 Å². The first-order valence-electron chi connectivity index (χ1n) is 7.56. The zero-order chi connectivity index (χ0) is 13.8. The quantitative estimate of drug-likeness (QED) is 0.843. The van der Waals surface area contributed by atoms with Gasteiger partial charge in [-0.05, 0) is 55.7 Å². The summed E-state index contributed by atoms with van der Waals surface area (Å²) in [5.74, 6) is 1.59. The van der Waals surface area contributed by atoms with Gasteiger partial charge in [-0.1, -0.05) is 44.0 Å². The van der Waals surface area contributed by atoms with Gasteiger partial charge in [0.1, 0.15) is 0 Å². The third-order valence-electron chi connectivity index (χ3n) is 4.45. The first kappa shape index (κ1) is 14.9. The van der Waals surface area contributed by atoms with Crippen LogP contribution in [0.15, 0.2) is 24.3 Å². The van der Waals surface area contributed by atoms with Crippen molar-refractivity contribution < 1.29 is 0 Å². The topological polar surface area (TPSA) is 12.0 Å². The normalized spacial score (nSPS) is 29.2. The highest BCUT2D eigenvalue weighted by Gasteiger charge is 2.28. The van der Waals surface area contributed by atoms with Crippen LogP contribution in [0.1, 0.15) is 45.6 Å². The smallest absolute Gasteiger partial charge is 0.0408 e. The van der Waals surface area contributed by atoms with Crippen LogP contribution in [0.5, 0.6) is 0 Å². The Balaban J connectivity index is 1.91. The van der Waals surface area contributed by atoms with Crippen LogP contribution in [0, 0.1) is 11.8 Å². The molecule has 1 aliphatic rings. The van der Waals surface area contributed by atoms with Gasteiger partial charge in [-0.2, -0.15) is 0 Å². The molecule has 0 radical (unpaired) electrons. The third-order valence-corrected chi connectivity index (χ3v) is 4.69. The highest BCUT2D eigenvalue weighted by molar-refractivity contribution is 6.30. The lowest BCUT2D eigenvalue weighted by atomic mass is 9.78. The molecule has 3 unspecified atom stereocenters. The van der Waals surface area contributed by atoms with Crippen LogP contribution in [0.2, 0.25) is 5.02 Å². The summed E-state index contributed by atoms with van der Waals surface area (Å²) >= 11 is 6.05. The van der Waals surface area contributed by atoms with Crippen molar-refractivity contribution in [2.24, 2.45) is 11.8 Å². The zero-order valence-electron chi connectivity index (χ0n) is 12.3. The Morgan fingerprint density at radius 3 is 2.58 bits per heavy atom. The Bertz CT molecular complexity index is 394. The van der Waals surface area contributed by atoms with Crippen LogP contribution < -0.4 is 5.32 Å². The van der Waals surface area contributed by atoms with Gasteiger partial charge < -0.3 is 5.32 Å². The molecule has 1 saturated carbocycles. The Labute approximate surface area is 122 Å². The second kappa shape index (κ2) is 6.76. The number of nitrogens with one attached hydrogen (secondary N) is 1. The van der Waals surface area contributed by atoms with Crippen molar-refractivity contribution in [3.05, 3.63) is 34.9 Å². The molecule has 1 aromatic rings. The van der Waals surface area contributed by atoms with Crippen molar-refractivity contribution in [2.75, 3.05) is 0 Å². The molecule has 1 aliphatic carbocycles. The Kier molecular flexibility index (Phi) is 5.29. The minimum atomic E-state index is 0.506. The van der Waals surface area contributed by atoms with Gasteiger partial charge in [-0.25, -0.2) is 0 Å². The molecule has 2 rings (SSSR count). The van der Waals surface area contributed by atoms with E-state index in [2.05, 4.69) is 38.2 Å². The highest BCUT2D eigenvalue weighted by atomic mass is 35.5. The SMILES string of the molecule is CC(Cc1cccc(Cl)c1)NC1C(C)CCCC1C. The largest absolute Gasteiger partial charge is 0.311 e. The van der Waals surface area contributed by atoms with Crippen LogP contribution in [0.25, 0.3) is 0 Å². The average molecular weight is 280 g/mol. The highest BCUT2D eigenvalue weighted by Crippen LogP contribution is 2.29. The fourth-order valence-corrected chi connectivity index (χ4v) is 3.63. The summed E-state index contributed by atoms with van der Waals surface area (Å²) < 4.78 is 0. The van der Waals surface area contributed by atoms with Gasteiger partial charge in [0.05, 0.1) is 0 Å². The van der Waals surface area contributed by atoms with Crippen LogP contribution in [0.4, 0.5) is 0 Å². The molecule has 0 aromatic heterocycles. The number of rotatable bonds is 4. The maximum atomic E-state index is 6.05. The van der Waals surface area contributed by atoms with Crippen molar-refractivity contribution in [1.29, 1.82) is 0 Å². The van der Waals surface area contributed by atoms with Crippen LogP contribution >= 0.6 is 11.6 Å². The summed E-state index contributed by atoms with van der Waals surface area (Å²) in [4.78, 5) is 0. The number of hydrogen-bond donors (Lipinski definition) is 1. The van der Waals surface area contributed by atoms with Gasteiger partial charge in [0, 0.05) is 17.1 Å². The van der Waals surface area contributed by atoms with E-state index >= 15 is 0 Å². The molecular weight excluding hydrogens is 254 g/mol. The first-order valence-corrected chi connectivity index (χ1v) is 7.94. The van der Waals surface area contributed by atoms with Gasteiger partial charge in [-0.3, -0.25) is 0 Å². The predicted molar refractivity (Wildman–Crippen MR) is 83.7 cm³/mol. The fourth-order valence-electron chi connectivity index (χ4n) is 3.42. The van der Waals surface area contributed by atoms with Gasteiger partial charge >= 0.3 is 0 Å². The number of hydrogen-bond acceptors (Lipinski definition) is 1. The van der Waals surface area contributed by atoms with Crippen molar-refractivity contribution in [3.63, 3.8) is 0 Å². The fraction of sp³-hybridized carbons (Fsp3) is 0.647. The van der Waals surface area contributed by atoms with Crippen molar-refractivity contribution in [1.82, 2.24) is 5.32 Å². The van der Waals surface area contributed by atoms with Gasteiger partial charge in [0.15, 0.2) is 0 Å². The summed E-state index contributed by atoms with van der Waals surface area (Å²) in [7, 11) is 0. The maximum absolute atomic E-state index is 6.05. The molecule has 1 nitrogen and oxygen atoms in total. The molecule has 0 bridgehead atoms. The molecule has 0 heterocycles. The van der Waals surface area contributed by atoms with Gasteiger partial charge in [-0.15, -0.1) is 0 Å². The van der Waals surface area contributed by atoms with E-state index in [1.165, 1.54) is 24.8 Å². The average Bonchev–Trinajstić information content (AvgIpc) is 2.34. The van der Waals surface area contributed by atoms with E-state index in [9.17, 15) is 0 Å². The predicted octanol–water partition coefficient (Wildman–Crippen LogP) is 4.69. The second-order valence-electron chi connectivity index (χ2n) is 6.31. The zero-order valence-corrected chi connectivity index (χ0v) is 13.1. The minimum absolute atomic E-state index is 0.506. The molecule has 106 valence electrons. The van der Waals surface area contributed by atoms with Crippen molar-refractivity contribution in [2.45, 2.75) is 58.5 Å². The lowest BCUT2D eigenvalue weighted by molar-refractivity contribution is 0.195. The number of benzene rings is 1. The molecule has 0 aliphatic heterocycles. The van der Waals surface area contributed by atoms with E-state index in [0.717, 1.165) is 23.3 Å². The molecule has 2 heteroatoms. The summed E-state index contributed by atoms with van der Waals surface area (Å²) in [6.07, 6.45) is 5.18.